The summed E-state index contributed by atoms with van der Waals surface area (Å²) < 4.78 is 5.13. The molecule has 98 valence electrons. The summed E-state index contributed by atoms with van der Waals surface area (Å²) in [6.45, 7) is 1.91. The van der Waals surface area contributed by atoms with Gasteiger partial charge in [0.15, 0.2) is 5.65 Å². The van der Waals surface area contributed by atoms with Crippen LogP contribution in [-0.2, 0) is 0 Å². The van der Waals surface area contributed by atoms with Gasteiger partial charge in [0.25, 0.3) is 0 Å². The first-order valence-corrected chi connectivity index (χ1v) is 6.13. The molecule has 3 rings (SSSR count). The van der Waals surface area contributed by atoms with E-state index in [1.807, 2.05) is 37.3 Å². The Labute approximate surface area is 115 Å². The summed E-state index contributed by atoms with van der Waals surface area (Å²) in [5, 5.41) is 17.2. The van der Waals surface area contributed by atoms with Gasteiger partial charge in [0.05, 0.1) is 18.4 Å². The number of H-pyrrole nitrogens is 1. The highest BCUT2D eigenvalue weighted by Crippen LogP contribution is 2.27. The number of fused-ring (bicyclic) bond motifs is 1. The van der Waals surface area contributed by atoms with Crippen molar-refractivity contribution >= 4 is 11.0 Å². The molecule has 0 amide bonds. The highest BCUT2D eigenvalue weighted by Gasteiger charge is 2.12. The van der Waals surface area contributed by atoms with Gasteiger partial charge in [-0.15, -0.1) is 0 Å². The molecule has 3 aromatic rings. The Balaban J connectivity index is 2.21. The van der Waals surface area contributed by atoms with Crippen molar-refractivity contribution in [2.24, 2.45) is 0 Å². The van der Waals surface area contributed by atoms with Gasteiger partial charge in [0.2, 0.25) is 0 Å². The van der Waals surface area contributed by atoms with Gasteiger partial charge in [-0.05, 0) is 37.3 Å². The van der Waals surface area contributed by atoms with Crippen molar-refractivity contribution in [1.29, 1.82) is 5.26 Å². The molecule has 0 aliphatic rings. The maximum Gasteiger partial charge on any atom is 0.181 e. The number of rotatable bonds is 2. The zero-order chi connectivity index (χ0) is 14.1. The van der Waals surface area contributed by atoms with E-state index in [9.17, 15) is 5.26 Å². The van der Waals surface area contributed by atoms with Gasteiger partial charge >= 0.3 is 0 Å². The first kappa shape index (κ1) is 12.2. The lowest BCUT2D eigenvalue weighted by molar-refractivity contribution is 0.415. The van der Waals surface area contributed by atoms with E-state index >= 15 is 0 Å². The lowest BCUT2D eigenvalue weighted by Gasteiger charge is -2.05. The predicted octanol–water partition coefficient (Wildman–Crippen LogP) is 2.81. The van der Waals surface area contributed by atoms with Crippen LogP contribution >= 0.6 is 0 Å². The minimum atomic E-state index is 0.534. The molecule has 0 fully saturated rings. The fourth-order valence-corrected chi connectivity index (χ4v) is 2.12. The van der Waals surface area contributed by atoms with Gasteiger partial charge in [-0.2, -0.15) is 10.4 Å². The van der Waals surface area contributed by atoms with Crippen molar-refractivity contribution in [3.63, 3.8) is 0 Å². The van der Waals surface area contributed by atoms with Crippen molar-refractivity contribution in [1.82, 2.24) is 15.2 Å². The molecule has 0 unspecified atom stereocenters. The molecule has 5 heteroatoms. The largest absolute Gasteiger partial charge is 0.497 e. The summed E-state index contributed by atoms with van der Waals surface area (Å²) >= 11 is 0. The Kier molecular flexibility index (Phi) is 2.84. The van der Waals surface area contributed by atoms with Crippen molar-refractivity contribution in [2.45, 2.75) is 6.92 Å². The highest BCUT2D eigenvalue weighted by atomic mass is 16.5. The molecular weight excluding hydrogens is 252 g/mol. The molecule has 1 N–H and O–H groups in total. The Bertz CT molecular complexity index is 812. The molecular formula is C15H12N4O. The van der Waals surface area contributed by atoms with Gasteiger partial charge in [-0.25, -0.2) is 4.98 Å². The average Bonchev–Trinajstić information content (AvgIpc) is 2.87. The molecule has 2 aromatic heterocycles. The topological polar surface area (TPSA) is 74.6 Å². The summed E-state index contributed by atoms with van der Waals surface area (Å²) in [6.07, 6.45) is 0. The van der Waals surface area contributed by atoms with E-state index in [-0.39, 0.29) is 0 Å². The minimum absolute atomic E-state index is 0.534. The summed E-state index contributed by atoms with van der Waals surface area (Å²) in [6, 6.07) is 11.5. The van der Waals surface area contributed by atoms with Gasteiger partial charge in [0.1, 0.15) is 11.8 Å². The van der Waals surface area contributed by atoms with Gasteiger partial charge < -0.3 is 4.74 Å². The second-order valence-corrected chi connectivity index (χ2v) is 4.44. The second-order valence-electron chi connectivity index (χ2n) is 4.44. The molecule has 0 spiro atoms. The summed E-state index contributed by atoms with van der Waals surface area (Å²) in [7, 11) is 1.62. The number of nitriles is 1. The third-order valence-electron chi connectivity index (χ3n) is 3.22. The summed E-state index contributed by atoms with van der Waals surface area (Å²) in [4.78, 5) is 4.49. The van der Waals surface area contributed by atoms with Gasteiger partial charge in [-0.1, -0.05) is 0 Å². The molecule has 0 radical (unpaired) electrons. The molecule has 20 heavy (non-hydrogen) atoms. The van der Waals surface area contributed by atoms with E-state index < -0.39 is 0 Å². The summed E-state index contributed by atoms with van der Waals surface area (Å²) in [5.74, 6) is 0.768. The van der Waals surface area contributed by atoms with Gasteiger partial charge in [0, 0.05) is 16.6 Å². The number of ether oxygens (including phenoxy) is 1. The number of hydrogen-bond acceptors (Lipinski definition) is 4. The molecule has 0 aliphatic heterocycles. The van der Waals surface area contributed by atoms with Crippen molar-refractivity contribution < 1.29 is 4.74 Å². The second kappa shape index (κ2) is 4.67. The van der Waals surface area contributed by atoms with E-state index in [1.165, 1.54) is 0 Å². The Morgan fingerprint density at radius 1 is 1.25 bits per heavy atom. The first-order chi connectivity index (χ1) is 9.72. The van der Waals surface area contributed by atoms with Crippen molar-refractivity contribution in [2.75, 3.05) is 7.11 Å². The van der Waals surface area contributed by atoms with Crippen LogP contribution in [0.3, 0.4) is 0 Å². The van der Waals surface area contributed by atoms with Crippen LogP contribution in [0.25, 0.3) is 22.3 Å². The van der Waals surface area contributed by atoms with E-state index in [0.29, 0.717) is 16.9 Å². The molecule has 5 nitrogen and oxygen atoms in total. The van der Waals surface area contributed by atoms with Crippen LogP contribution in [-0.4, -0.2) is 22.3 Å². The molecule has 2 heterocycles. The van der Waals surface area contributed by atoms with E-state index in [2.05, 4.69) is 21.3 Å². The van der Waals surface area contributed by atoms with Gasteiger partial charge in [-0.3, -0.25) is 5.10 Å². The van der Waals surface area contributed by atoms with E-state index in [0.717, 1.165) is 22.4 Å². The van der Waals surface area contributed by atoms with E-state index in [4.69, 9.17) is 4.74 Å². The Hall–Kier alpha value is -2.87. The first-order valence-electron chi connectivity index (χ1n) is 6.13. The lowest BCUT2D eigenvalue weighted by Crippen LogP contribution is -1.91. The average molecular weight is 264 g/mol. The van der Waals surface area contributed by atoms with Crippen LogP contribution in [0.4, 0.5) is 0 Å². The fourth-order valence-electron chi connectivity index (χ4n) is 2.12. The number of methoxy groups -OCH3 is 1. The molecule has 0 aliphatic carbocycles. The molecule has 0 saturated carbocycles. The number of hydrogen-bond donors (Lipinski definition) is 1. The minimum Gasteiger partial charge on any atom is -0.497 e. The Morgan fingerprint density at radius 2 is 2.00 bits per heavy atom. The standard InChI is InChI=1S/C15H12N4O/c1-9-13-7-11(8-16)14(17-15(13)19-18-9)10-3-5-12(20-2)6-4-10/h3-7H,1-2H3,(H,17,18,19). The summed E-state index contributed by atoms with van der Waals surface area (Å²) in [5.41, 5.74) is 3.56. The zero-order valence-corrected chi connectivity index (χ0v) is 11.1. The van der Waals surface area contributed by atoms with Crippen molar-refractivity contribution in [3.05, 3.63) is 41.6 Å². The van der Waals surface area contributed by atoms with Crippen molar-refractivity contribution in [3.8, 4) is 23.1 Å². The zero-order valence-electron chi connectivity index (χ0n) is 11.1. The van der Waals surface area contributed by atoms with Crippen LogP contribution in [0.5, 0.6) is 5.75 Å². The number of aryl methyl sites for hydroxylation is 1. The molecule has 0 saturated heterocycles. The maximum absolute atomic E-state index is 9.32. The monoisotopic (exact) mass is 264 g/mol. The Morgan fingerprint density at radius 3 is 2.65 bits per heavy atom. The lowest BCUT2D eigenvalue weighted by atomic mass is 10.0. The number of pyridine rings is 1. The van der Waals surface area contributed by atoms with Crippen LogP contribution in [0, 0.1) is 18.3 Å². The quantitative estimate of drug-likeness (QED) is 0.772. The SMILES string of the molecule is COc1ccc(-c2nc3n[nH]c(C)c3cc2C#N)cc1. The molecule has 0 atom stereocenters. The number of benzene rings is 1. The predicted molar refractivity (Wildman–Crippen MR) is 75.3 cm³/mol. The number of aromatic amines is 1. The van der Waals surface area contributed by atoms with Crippen LogP contribution in [0.15, 0.2) is 30.3 Å². The number of aromatic nitrogens is 3. The third-order valence-corrected chi connectivity index (χ3v) is 3.22. The van der Waals surface area contributed by atoms with Crippen LogP contribution in [0.1, 0.15) is 11.3 Å². The normalized spacial score (nSPS) is 10.4. The fraction of sp³-hybridized carbons (Fsp3) is 0.133. The maximum atomic E-state index is 9.32. The molecule has 1 aromatic carbocycles. The molecule has 0 bridgehead atoms. The van der Waals surface area contributed by atoms with E-state index in [1.54, 1.807) is 7.11 Å². The third kappa shape index (κ3) is 1.88. The highest BCUT2D eigenvalue weighted by molar-refractivity contribution is 5.84. The number of nitrogens with one attached hydrogen (secondary N) is 1. The van der Waals surface area contributed by atoms with Crippen LogP contribution in [0.2, 0.25) is 0 Å². The smallest absolute Gasteiger partial charge is 0.181 e. The van der Waals surface area contributed by atoms with Crippen LogP contribution < -0.4 is 4.74 Å². The number of nitrogens with zero attached hydrogens (tertiary/aromatic N) is 3.